The average Bonchev–Trinajstić information content (AvgIpc) is 2.98. The first kappa shape index (κ1) is 13.3. The first-order chi connectivity index (χ1) is 9.35. The van der Waals surface area contributed by atoms with Crippen molar-refractivity contribution in [3.63, 3.8) is 0 Å². The lowest BCUT2D eigenvalue weighted by molar-refractivity contribution is 0.504. The molecule has 4 nitrogen and oxygen atoms in total. The van der Waals surface area contributed by atoms with Crippen LogP contribution >= 0.6 is 0 Å². The molecular formula is C15H18N4. The number of benzene rings is 1. The molecule has 1 aromatic carbocycles. The monoisotopic (exact) mass is 254 g/mol. The van der Waals surface area contributed by atoms with Crippen LogP contribution < -0.4 is 5.32 Å². The van der Waals surface area contributed by atoms with Crippen molar-refractivity contribution in [3.05, 3.63) is 48.3 Å². The predicted molar refractivity (Wildman–Crippen MR) is 74.7 cm³/mol. The van der Waals surface area contributed by atoms with Gasteiger partial charge in [-0.15, -0.1) is 0 Å². The van der Waals surface area contributed by atoms with Crippen molar-refractivity contribution in [2.45, 2.75) is 32.4 Å². The normalized spacial score (nSPS) is 12.0. The number of nitriles is 1. The van der Waals surface area contributed by atoms with E-state index in [1.165, 1.54) is 5.56 Å². The summed E-state index contributed by atoms with van der Waals surface area (Å²) in [6, 6.07) is 12.5. The molecule has 1 atom stereocenters. The van der Waals surface area contributed by atoms with Crippen molar-refractivity contribution >= 4 is 0 Å². The van der Waals surface area contributed by atoms with Gasteiger partial charge in [0.1, 0.15) is 0 Å². The molecule has 2 aromatic rings. The molecule has 0 bridgehead atoms. The Morgan fingerprint density at radius 1 is 1.37 bits per heavy atom. The smallest absolute Gasteiger partial charge is 0.0690 e. The number of hydrogen-bond donors (Lipinski definition) is 1. The zero-order valence-electron chi connectivity index (χ0n) is 11.1. The zero-order chi connectivity index (χ0) is 13.5. The van der Waals surface area contributed by atoms with E-state index in [2.05, 4.69) is 35.5 Å². The van der Waals surface area contributed by atoms with Crippen LogP contribution in [0.15, 0.2) is 42.7 Å². The molecule has 0 saturated heterocycles. The fraction of sp³-hybridized carbons (Fsp3) is 0.333. The molecule has 1 heterocycles. The van der Waals surface area contributed by atoms with Gasteiger partial charge in [0.15, 0.2) is 0 Å². The van der Waals surface area contributed by atoms with Crippen molar-refractivity contribution in [2.24, 2.45) is 0 Å². The lowest BCUT2D eigenvalue weighted by atomic mass is 10.1. The lowest BCUT2D eigenvalue weighted by Gasteiger charge is -2.15. The molecule has 0 radical (unpaired) electrons. The van der Waals surface area contributed by atoms with Gasteiger partial charge in [-0.05, 0) is 24.1 Å². The summed E-state index contributed by atoms with van der Waals surface area (Å²) in [7, 11) is 0. The van der Waals surface area contributed by atoms with Crippen LogP contribution in [0.4, 0.5) is 0 Å². The maximum absolute atomic E-state index is 8.77. The Hall–Kier alpha value is -2.12. The molecule has 2 rings (SSSR count). The van der Waals surface area contributed by atoms with E-state index in [1.54, 1.807) is 6.20 Å². The predicted octanol–water partition coefficient (Wildman–Crippen LogP) is 2.65. The van der Waals surface area contributed by atoms with Crippen LogP contribution in [-0.4, -0.2) is 15.8 Å². The Labute approximate surface area is 113 Å². The van der Waals surface area contributed by atoms with Crippen molar-refractivity contribution in [1.82, 2.24) is 15.1 Å². The third-order valence-electron chi connectivity index (χ3n) is 3.15. The van der Waals surface area contributed by atoms with Gasteiger partial charge < -0.3 is 5.32 Å². The van der Waals surface area contributed by atoms with Crippen molar-refractivity contribution in [1.29, 1.82) is 5.26 Å². The van der Waals surface area contributed by atoms with Gasteiger partial charge >= 0.3 is 0 Å². The van der Waals surface area contributed by atoms with Gasteiger partial charge in [0.2, 0.25) is 0 Å². The Kier molecular flexibility index (Phi) is 4.71. The van der Waals surface area contributed by atoms with Gasteiger partial charge in [-0.25, -0.2) is 4.68 Å². The van der Waals surface area contributed by atoms with Gasteiger partial charge in [-0.1, -0.05) is 25.1 Å². The van der Waals surface area contributed by atoms with Crippen LogP contribution in [0, 0.1) is 11.3 Å². The fourth-order valence-electron chi connectivity index (χ4n) is 2.02. The van der Waals surface area contributed by atoms with Crippen LogP contribution in [0.5, 0.6) is 0 Å². The standard InChI is InChI=1S/C15H18N4/c1-2-14(8-9-16)17-12-13-6-3-4-7-15(13)19-11-5-10-18-19/h3-7,10-11,14,17H,2,8,12H2,1H3. The molecule has 0 aliphatic heterocycles. The summed E-state index contributed by atoms with van der Waals surface area (Å²) in [4.78, 5) is 0. The molecule has 0 aliphatic rings. The van der Waals surface area contributed by atoms with E-state index in [0.717, 1.165) is 18.7 Å². The summed E-state index contributed by atoms with van der Waals surface area (Å²) in [5, 5.41) is 16.5. The third-order valence-corrected chi connectivity index (χ3v) is 3.15. The first-order valence-electron chi connectivity index (χ1n) is 6.53. The molecule has 1 unspecified atom stereocenters. The van der Waals surface area contributed by atoms with Crippen LogP contribution in [0.2, 0.25) is 0 Å². The van der Waals surface area contributed by atoms with Crippen molar-refractivity contribution < 1.29 is 0 Å². The second kappa shape index (κ2) is 6.72. The van der Waals surface area contributed by atoms with Crippen molar-refractivity contribution in [3.8, 4) is 11.8 Å². The van der Waals surface area contributed by atoms with E-state index in [-0.39, 0.29) is 6.04 Å². The summed E-state index contributed by atoms with van der Waals surface area (Å²) < 4.78 is 1.86. The minimum atomic E-state index is 0.246. The highest BCUT2D eigenvalue weighted by molar-refractivity contribution is 5.40. The Balaban J connectivity index is 2.11. The van der Waals surface area contributed by atoms with E-state index in [1.807, 2.05) is 29.1 Å². The SMILES string of the molecule is CCC(CC#N)NCc1ccccc1-n1cccn1. The van der Waals surface area contributed by atoms with E-state index in [0.29, 0.717) is 6.42 Å². The van der Waals surface area contributed by atoms with Gasteiger partial charge in [0, 0.05) is 25.0 Å². The highest BCUT2D eigenvalue weighted by atomic mass is 15.3. The maximum atomic E-state index is 8.77. The highest BCUT2D eigenvalue weighted by Crippen LogP contribution is 2.13. The molecule has 19 heavy (non-hydrogen) atoms. The molecular weight excluding hydrogens is 236 g/mol. The van der Waals surface area contributed by atoms with Gasteiger partial charge in [0.25, 0.3) is 0 Å². The zero-order valence-corrected chi connectivity index (χ0v) is 11.1. The van der Waals surface area contributed by atoms with Crippen LogP contribution in [-0.2, 0) is 6.54 Å². The van der Waals surface area contributed by atoms with E-state index < -0.39 is 0 Å². The highest BCUT2D eigenvalue weighted by Gasteiger charge is 2.08. The Morgan fingerprint density at radius 3 is 2.89 bits per heavy atom. The molecule has 0 aliphatic carbocycles. The summed E-state index contributed by atoms with van der Waals surface area (Å²) in [6.07, 6.45) is 5.21. The maximum Gasteiger partial charge on any atom is 0.0690 e. The van der Waals surface area contributed by atoms with E-state index >= 15 is 0 Å². The number of nitrogens with one attached hydrogen (secondary N) is 1. The molecule has 98 valence electrons. The minimum Gasteiger partial charge on any atom is -0.309 e. The van der Waals surface area contributed by atoms with Gasteiger partial charge in [-0.3, -0.25) is 0 Å². The van der Waals surface area contributed by atoms with Crippen LogP contribution in [0.25, 0.3) is 5.69 Å². The number of aromatic nitrogens is 2. The molecule has 0 amide bonds. The molecule has 0 saturated carbocycles. The summed E-state index contributed by atoms with van der Waals surface area (Å²) >= 11 is 0. The summed E-state index contributed by atoms with van der Waals surface area (Å²) in [5.74, 6) is 0. The second-order valence-corrected chi connectivity index (χ2v) is 4.43. The summed E-state index contributed by atoms with van der Waals surface area (Å²) in [6.45, 7) is 2.84. The quantitative estimate of drug-likeness (QED) is 0.862. The number of nitrogens with zero attached hydrogens (tertiary/aromatic N) is 3. The Morgan fingerprint density at radius 2 is 2.21 bits per heavy atom. The molecule has 0 spiro atoms. The first-order valence-corrected chi connectivity index (χ1v) is 6.53. The van der Waals surface area contributed by atoms with Crippen LogP contribution in [0.3, 0.4) is 0 Å². The van der Waals surface area contributed by atoms with E-state index in [4.69, 9.17) is 5.26 Å². The van der Waals surface area contributed by atoms with Crippen LogP contribution in [0.1, 0.15) is 25.3 Å². The lowest BCUT2D eigenvalue weighted by Crippen LogP contribution is -2.27. The molecule has 0 fully saturated rings. The van der Waals surface area contributed by atoms with Crippen molar-refractivity contribution in [2.75, 3.05) is 0 Å². The van der Waals surface area contributed by atoms with E-state index in [9.17, 15) is 0 Å². The molecule has 1 N–H and O–H groups in total. The third kappa shape index (κ3) is 3.43. The number of rotatable bonds is 6. The van der Waals surface area contributed by atoms with Gasteiger partial charge in [-0.2, -0.15) is 10.4 Å². The Bertz CT molecular complexity index is 540. The van der Waals surface area contributed by atoms with Gasteiger partial charge in [0.05, 0.1) is 18.2 Å². The fourth-order valence-corrected chi connectivity index (χ4v) is 2.02. The second-order valence-electron chi connectivity index (χ2n) is 4.43. The average molecular weight is 254 g/mol. The largest absolute Gasteiger partial charge is 0.309 e. The number of para-hydroxylation sites is 1. The minimum absolute atomic E-state index is 0.246. The summed E-state index contributed by atoms with van der Waals surface area (Å²) in [5.41, 5.74) is 2.26. The molecule has 1 aromatic heterocycles. The topological polar surface area (TPSA) is 53.6 Å². The molecule has 4 heteroatoms. The number of hydrogen-bond acceptors (Lipinski definition) is 3.